The van der Waals surface area contributed by atoms with Crippen molar-refractivity contribution in [1.82, 2.24) is 14.7 Å². The van der Waals surface area contributed by atoms with Crippen molar-refractivity contribution < 1.29 is 38.9 Å². The first-order valence-corrected chi connectivity index (χ1v) is 24.5. The summed E-state index contributed by atoms with van der Waals surface area (Å²) in [6.45, 7) is 32.0. The molecule has 3 aliphatic rings. The molecule has 0 aromatic heterocycles. The topological polar surface area (TPSA) is 137 Å². The molecule has 362 valence electrons. The van der Waals surface area contributed by atoms with Gasteiger partial charge in [0.05, 0.1) is 11.8 Å². The minimum Gasteiger partial charge on any atom is -0.481 e. The molecule has 3 rings (SSSR count). The van der Waals surface area contributed by atoms with Crippen LogP contribution in [0.2, 0.25) is 0 Å². The van der Waals surface area contributed by atoms with Gasteiger partial charge in [0.1, 0.15) is 12.2 Å². The SMILES string of the molecule is CC(CCCCCCCC(=O)O)C(=O)OC1CCN(C)C(C)(C)C1(C)C.CN1CCC(OC(=O)C(CCCCCCCC(=O)O)C2CCN(C)C(C)(C)C2(C)C)C(C)(C)C1(C)C. The van der Waals surface area contributed by atoms with Crippen LogP contribution in [0.25, 0.3) is 0 Å². The third kappa shape index (κ3) is 13.9. The summed E-state index contributed by atoms with van der Waals surface area (Å²) in [4.78, 5) is 55.0. The fraction of sp³-hybridized carbons (Fsp3) is 0.922. The Balaban J connectivity index is 0.000000451. The largest absolute Gasteiger partial charge is 0.481 e. The minimum atomic E-state index is -0.721. The first kappa shape index (κ1) is 55.9. The second-order valence-electron chi connectivity index (χ2n) is 22.8. The van der Waals surface area contributed by atoms with E-state index < -0.39 is 11.9 Å². The molecular weight excluding hydrogens is 783 g/mol. The lowest BCUT2D eigenvalue weighted by molar-refractivity contribution is -0.184. The van der Waals surface area contributed by atoms with Crippen molar-refractivity contribution >= 4 is 23.9 Å². The number of hydrogen-bond acceptors (Lipinski definition) is 9. The second kappa shape index (κ2) is 23.3. The number of nitrogens with zero attached hydrogens (tertiary/aromatic N) is 3. The van der Waals surface area contributed by atoms with E-state index in [1.54, 1.807) is 0 Å². The van der Waals surface area contributed by atoms with E-state index in [9.17, 15) is 19.2 Å². The van der Waals surface area contributed by atoms with Crippen LogP contribution in [-0.4, -0.2) is 118 Å². The van der Waals surface area contributed by atoms with Crippen LogP contribution in [0.3, 0.4) is 0 Å². The number of carboxylic acid groups (broad SMARTS) is 2. The van der Waals surface area contributed by atoms with Crippen molar-refractivity contribution in [3.63, 3.8) is 0 Å². The van der Waals surface area contributed by atoms with Gasteiger partial charge in [-0.05, 0) is 126 Å². The number of piperidine rings is 3. The van der Waals surface area contributed by atoms with Gasteiger partial charge in [0.25, 0.3) is 0 Å². The zero-order valence-corrected chi connectivity index (χ0v) is 42.7. The quantitative estimate of drug-likeness (QED) is 0.0842. The molecule has 0 aromatic rings. The van der Waals surface area contributed by atoms with Gasteiger partial charge in [-0.1, -0.05) is 99.8 Å². The number of esters is 2. The molecule has 2 N–H and O–H groups in total. The van der Waals surface area contributed by atoms with Crippen molar-refractivity contribution in [3.8, 4) is 0 Å². The zero-order chi connectivity index (χ0) is 47.5. The zero-order valence-electron chi connectivity index (χ0n) is 42.7. The molecule has 11 heteroatoms. The average molecular weight is 878 g/mol. The molecule has 0 amide bonds. The van der Waals surface area contributed by atoms with Gasteiger partial charge >= 0.3 is 23.9 Å². The lowest BCUT2D eigenvalue weighted by atomic mass is 9.57. The molecule has 5 unspecified atom stereocenters. The Kier molecular flexibility index (Phi) is 21.0. The summed E-state index contributed by atoms with van der Waals surface area (Å²) >= 11 is 0. The third-order valence-corrected chi connectivity index (χ3v) is 18.0. The van der Waals surface area contributed by atoms with Crippen molar-refractivity contribution in [2.45, 2.75) is 228 Å². The number of ether oxygens (including phenoxy) is 2. The van der Waals surface area contributed by atoms with Crippen LogP contribution in [0.15, 0.2) is 0 Å². The van der Waals surface area contributed by atoms with Crippen molar-refractivity contribution in [2.24, 2.45) is 34.0 Å². The maximum absolute atomic E-state index is 14.0. The standard InChI is InChI=1S/C30H56N2O4.C21H39NO4/c1-27(2)23(18-20-31(9)29(27,5)6)22(16-14-12-11-13-15-17-25(33)34)26(35)36-24-19-21-32(10)30(7,8)28(24,3)4;1-16(12-10-8-7-9-11-13-18(23)24)19(25)26-17-14-15-22(6)21(4,5)20(17,2)3/h22-24H,11-21H2,1-10H3,(H,33,34);16-17H,7-15H2,1-6H3,(H,23,24). The summed E-state index contributed by atoms with van der Waals surface area (Å²) in [6.07, 6.45) is 14.3. The van der Waals surface area contributed by atoms with Crippen LogP contribution in [0, 0.1) is 34.0 Å². The Morgan fingerprint density at radius 3 is 1.26 bits per heavy atom. The molecule has 62 heavy (non-hydrogen) atoms. The van der Waals surface area contributed by atoms with Crippen molar-refractivity contribution in [1.29, 1.82) is 0 Å². The molecule has 0 aromatic carbocycles. The molecule has 0 saturated carbocycles. The summed E-state index contributed by atoms with van der Waals surface area (Å²) < 4.78 is 12.4. The molecule has 0 aliphatic carbocycles. The van der Waals surface area contributed by atoms with Crippen LogP contribution < -0.4 is 0 Å². The number of carboxylic acids is 2. The highest BCUT2D eigenvalue weighted by atomic mass is 16.5. The van der Waals surface area contributed by atoms with E-state index in [0.29, 0.717) is 0 Å². The van der Waals surface area contributed by atoms with Gasteiger partial charge < -0.3 is 34.4 Å². The van der Waals surface area contributed by atoms with E-state index in [1.165, 1.54) is 0 Å². The summed E-state index contributed by atoms with van der Waals surface area (Å²) in [6, 6.07) is 0. The van der Waals surface area contributed by atoms with Crippen LogP contribution in [0.5, 0.6) is 0 Å². The second-order valence-corrected chi connectivity index (χ2v) is 22.8. The molecule has 3 heterocycles. The highest BCUT2D eigenvalue weighted by Gasteiger charge is 2.55. The molecule has 5 atom stereocenters. The fourth-order valence-electron chi connectivity index (χ4n) is 10.2. The van der Waals surface area contributed by atoms with Gasteiger partial charge in [0, 0.05) is 53.4 Å². The molecule has 11 nitrogen and oxygen atoms in total. The van der Waals surface area contributed by atoms with Crippen LogP contribution in [0.1, 0.15) is 199 Å². The van der Waals surface area contributed by atoms with Crippen LogP contribution in [0.4, 0.5) is 0 Å². The van der Waals surface area contributed by atoms with Gasteiger partial charge in [-0.15, -0.1) is 0 Å². The number of aliphatic carboxylic acids is 2. The van der Waals surface area contributed by atoms with Gasteiger partial charge in [0.15, 0.2) is 0 Å². The maximum Gasteiger partial charge on any atom is 0.309 e. The third-order valence-electron chi connectivity index (χ3n) is 18.0. The van der Waals surface area contributed by atoms with Gasteiger partial charge in [0.2, 0.25) is 0 Å². The van der Waals surface area contributed by atoms with E-state index in [-0.39, 0.29) is 87.6 Å². The lowest BCUT2D eigenvalue weighted by Crippen LogP contribution is -2.63. The summed E-state index contributed by atoms with van der Waals surface area (Å²) in [5, 5.41) is 17.5. The molecule has 0 radical (unpaired) electrons. The number of hydrogen-bond donors (Lipinski definition) is 2. The van der Waals surface area contributed by atoms with Crippen molar-refractivity contribution in [2.75, 3.05) is 40.8 Å². The number of rotatable bonds is 21. The van der Waals surface area contributed by atoms with E-state index in [1.807, 2.05) is 6.92 Å². The molecular formula is C51H95N3O8. The number of unbranched alkanes of at least 4 members (excludes halogenated alkanes) is 8. The minimum absolute atomic E-state index is 0.00210. The van der Waals surface area contributed by atoms with E-state index >= 15 is 0 Å². The van der Waals surface area contributed by atoms with Crippen molar-refractivity contribution in [3.05, 3.63) is 0 Å². The van der Waals surface area contributed by atoms with E-state index in [2.05, 4.69) is 119 Å². The number of carbonyl (C=O) groups excluding carboxylic acids is 2. The summed E-state index contributed by atoms with van der Waals surface area (Å²) in [5.41, 5.74) is -0.371. The van der Waals surface area contributed by atoms with E-state index in [4.69, 9.17) is 19.7 Å². The Morgan fingerprint density at radius 1 is 0.500 bits per heavy atom. The highest BCUT2D eigenvalue weighted by molar-refractivity contribution is 5.73. The summed E-state index contributed by atoms with van der Waals surface area (Å²) in [7, 11) is 6.51. The first-order chi connectivity index (χ1) is 28.5. The molecule has 3 fully saturated rings. The number of likely N-dealkylation sites (tertiary alicyclic amines) is 3. The average Bonchev–Trinajstić information content (AvgIpc) is 3.16. The van der Waals surface area contributed by atoms with Crippen LogP contribution >= 0.6 is 0 Å². The highest BCUT2D eigenvalue weighted by Crippen LogP contribution is 2.52. The predicted molar refractivity (Wildman–Crippen MR) is 251 cm³/mol. The smallest absolute Gasteiger partial charge is 0.309 e. The number of carbonyl (C=O) groups is 4. The molecule has 0 spiro atoms. The summed E-state index contributed by atoms with van der Waals surface area (Å²) in [5.74, 6) is -1.43. The Bertz CT molecular complexity index is 1440. The Morgan fingerprint density at radius 2 is 0.839 bits per heavy atom. The maximum atomic E-state index is 14.0. The predicted octanol–water partition coefficient (Wildman–Crippen LogP) is 10.7. The lowest BCUT2D eigenvalue weighted by Gasteiger charge is -2.58. The van der Waals surface area contributed by atoms with E-state index in [0.717, 1.165) is 116 Å². The molecule has 3 aliphatic heterocycles. The Hall–Kier alpha value is -2.24. The first-order valence-electron chi connectivity index (χ1n) is 24.5. The fourth-order valence-corrected chi connectivity index (χ4v) is 10.2. The van der Waals surface area contributed by atoms with Gasteiger partial charge in [-0.2, -0.15) is 0 Å². The monoisotopic (exact) mass is 878 g/mol. The normalized spacial score (nSPS) is 26.3. The molecule has 3 saturated heterocycles. The molecule has 0 bridgehead atoms. The van der Waals surface area contributed by atoms with Crippen LogP contribution in [-0.2, 0) is 28.7 Å². The Labute approximate surface area is 379 Å². The van der Waals surface area contributed by atoms with Gasteiger partial charge in [-0.25, -0.2) is 0 Å². The van der Waals surface area contributed by atoms with Gasteiger partial charge in [-0.3, -0.25) is 19.2 Å².